The van der Waals surface area contributed by atoms with Gasteiger partial charge in [0.25, 0.3) is 0 Å². The maximum Gasteiger partial charge on any atom is 0.160 e. The summed E-state index contributed by atoms with van der Waals surface area (Å²) < 4.78 is 0. The largest absolute Gasteiger partial charge is 0.504 e. The average Bonchev–Trinajstić information content (AvgIpc) is 2.51. The summed E-state index contributed by atoms with van der Waals surface area (Å²) in [4.78, 5) is 8.42. The van der Waals surface area contributed by atoms with Crippen LogP contribution in [0.25, 0.3) is 23.1 Å². The molecule has 104 valence electrons. The third-order valence-corrected chi connectivity index (χ3v) is 3.61. The zero-order valence-corrected chi connectivity index (χ0v) is 12.3. The van der Waals surface area contributed by atoms with Gasteiger partial charge in [-0.1, -0.05) is 35.3 Å². The van der Waals surface area contributed by atoms with Crippen molar-refractivity contribution < 1.29 is 5.11 Å². The Balaban J connectivity index is 2.05. The summed E-state index contributed by atoms with van der Waals surface area (Å²) >= 11 is 12.0. The van der Waals surface area contributed by atoms with Gasteiger partial charge in [-0.2, -0.15) is 0 Å². The van der Waals surface area contributed by atoms with Gasteiger partial charge in [0.05, 0.1) is 15.7 Å². The minimum Gasteiger partial charge on any atom is -0.504 e. The predicted octanol–water partition coefficient (Wildman–Crippen LogP) is 4.81. The average molecular weight is 317 g/mol. The van der Waals surface area contributed by atoms with Gasteiger partial charge in [-0.05, 0) is 35.9 Å². The van der Waals surface area contributed by atoms with E-state index in [1.165, 1.54) is 6.07 Å². The first-order valence-corrected chi connectivity index (χ1v) is 6.96. The molecule has 2 aromatic heterocycles. The van der Waals surface area contributed by atoms with E-state index in [2.05, 4.69) is 9.97 Å². The number of pyridine rings is 2. The number of fused-ring (bicyclic) bond motifs is 1. The number of aromatic hydroxyl groups is 1. The summed E-state index contributed by atoms with van der Waals surface area (Å²) in [6, 6.07) is 8.94. The molecule has 0 fully saturated rings. The maximum atomic E-state index is 10.0. The van der Waals surface area contributed by atoms with Crippen LogP contribution in [-0.4, -0.2) is 15.1 Å². The first-order chi connectivity index (χ1) is 10.1. The van der Waals surface area contributed by atoms with Gasteiger partial charge in [0.1, 0.15) is 5.52 Å². The van der Waals surface area contributed by atoms with Gasteiger partial charge in [0.2, 0.25) is 0 Å². The number of halogens is 2. The Morgan fingerprint density at radius 1 is 1.05 bits per heavy atom. The van der Waals surface area contributed by atoms with Crippen molar-refractivity contribution in [3.8, 4) is 5.75 Å². The van der Waals surface area contributed by atoms with Crippen LogP contribution in [0.15, 0.2) is 42.7 Å². The Hall–Kier alpha value is -2.10. The second-order valence-electron chi connectivity index (χ2n) is 4.44. The molecule has 21 heavy (non-hydrogen) atoms. The quantitative estimate of drug-likeness (QED) is 0.737. The molecule has 3 rings (SSSR count). The lowest BCUT2D eigenvalue weighted by Gasteiger charge is -2.05. The fraction of sp³-hybridized carbons (Fsp3) is 0. The molecule has 0 saturated heterocycles. The molecular weight excluding hydrogens is 307 g/mol. The summed E-state index contributed by atoms with van der Waals surface area (Å²) in [6.07, 6.45) is 7.20. The Morgan fingerprint density at radius 2 is 1.90 bits per heavy atom. The van der Waals surface area contributed by atoms with Crippen molar-refractivity contribution in [2.75, 3.05) is 0 Å². The normalized spacial score (nSPS) is 11.3. The number of aromatic nitrogens is 2. The lowest BCUT2D eigenvalue weighted by atomic mass is 10.1. The third-order valence-electron chi connectivity index (χ3n) is 3.01. The van der Waals surface area contributed by atoms with Gasteiger partial charge in [-0.3, -0.25) is 4.98 Å². The molecule has 1 aromatic carbocycles. The monoisotopic (exact) mass is 316 g/mol. The molecule has 2 heterocycles. The smallest absolute Gasteiger partial charge is 0.160 e. The Kier molecular flexibility index (Phi) is 3.78. The van der Waals surface area contributed by atoms with E-state index in [0.29, 0.717) is 21.6 Å². The van der Waals surface area contributed by atoms with Crippen molar-refractivity contribution in [1.29, 1.82) is 0 Å². The van der Waals surface area contributed by atoms with Crippen molar-refractivity contribution in [1.82, 2.24) is 9.97 Å². The van der Waals surface area contributed by atoms with Gasteiger partial charge in [-0.25, -0.2) is 4.98 Å². The molecule has 0 saturated carbocycles. The molecule has 0 unspecified atom stereocenters. The molecule has 0 spiro atoms. The van der Waals surface area contributed by atoms with E-state index < -0.39 is 0 Å². The predicted molar refractivity (Wildman–Crippen MR) is 86.6 cm³/mol. The topological polar surface area (TPSA) is 46.0 Å². The number of hydrogen-bond donors (Lipinski definition) is 1. The summed E-state index contributed by atoms with van der Waals surface area (Å²) in [5.41, 5.74) is 2.05. The highest BCUT2D eigenvalue weighted by molar-refractivity contribution is 6.39. The summed E-state index contributed by atoms with van der Waals surface area (Å²) in [7, 11) is 0. The molecule has 3 nitrogen and oxygen atoms in total. The highest BCUT2D eigenvalue weighted by Crippen LogP contribution is 2.36. The first-order valence-electron chi connectivity index (χ1n) is 6.21. The van der Waals surface area contributed by atoms with E-state index in [1.54, 1.807) is 12.4 Å². The molecule has 0 aliphatic rings. The molecule has 1 N–H and O–H groups in total. The molecule has 0 radical (unpaired) electrons. The van der Waals surface area contributed by atoms with Gasteiger partial charge < -0.3 is 5.11 Å². The fourth-order valence-corrected chi connectivity index (χ4v) is 2.48. The van der Waals surface area contributed by atoms with E-state index in [0.717, 1.165) is 5.56 Å². The summed E-state index contributed by atoms with van der Waals surface area (Å²) in [5.74, 6) is -0.0623. The van der Waals surface area contributed by atoms with Crippen LogP contribution >= 0.6 is 23.2 Å². The lowest BCUT2D eigenvalue weighted by molar-refractivity contribution is 0.480. The van der Waals surface area contributed by atoms with Gasteiger partial charge in [0.15, 0.2) is 5.75 Å². The Morgan fingerprint density at radius 3 is 2.67 bits per heavy atom. The van der Waals surface area contributed by atoms with Gasteiger partial charge >= 0.3 is 0 Å². The van der Waals surface area contributed by atoms with E-state index >= 15 is 0 Å². The van der Waals surface area contributed by atoms with E-state index in [-0.39, 0.29) is 10.8 Å². The van der Waals surface area contributed by atoms with Gasteiger partial charge in [-0.15, -0.1) is 0 Å². The highest BCUT2D eigenvalue weighted by Gasteiger charge is 2.10. The van der Waals surface area contributed by atoms with Crippen LogP contribution in [0.3, 0.4) is 0 Å². The number of benzene rings is 1. The lowest BCUT2D eigenvalue weighted by Crippen LogP contribution is -1.86. The SMILES string of the molecule is Oc1c(Cl)cc(Cl)c2ccc(/C=C/c3cccnc3)nc12. The van der Waals surface area contributed by atoms with Crippen LogP contribution in [0, 0.1) is 0 Å². The molecule has 0 aliphatic heterocycles. The van der Waals surface area contributed by atoms with Crippen LogP contribution < -0.4 is 0 Å². The Bertz CT molecular complexity index is 833. The molecule has 5 heteroatoms. The maximum absolute atomic E-state index is 10.0. The zero-order chi connectivity index (χ0) is 14.8. The fourth-order valence-electron chi connectivity index (χ4n) is 1.97. The van der Waals surface area contributed by atoms with Crippen molar-refractivity contribution >= 4 is 46.3 Å². The van der Waals surface area contributed by atoms with Crippen molar-refractivity contribution in [3.05, 3.63) is 64.0 Å². The van der Waals surface area contributed by atoms with E-state index in [9.17, 15) is 5.11 Å². The van der Waals surface area contributed by atoms with Gasteiger partial charge in [0, 0.05) is 17.8 Å². The second kappa shape index (κ2) is 5.72. The van der Waals surface area contributed by atoms with Crippen LogP contribution in [0.5, 0.6) is 5.75 Å². The van der Waals surface area contributed by atoms with Crippen LogP contribution in [-0.2, 0) is 0 Å². The molecule has 0 amide bonds. The van der Waals surface area contributed by atoms with Crippen molar-refractivity contribution in [3.63, 3.8) is 0 Å². The van der Waals surface area contributed by atoms with E-state index in [1.807, 2.05) is 36.4 Å². The number of nitrogens with zero attached hydrogens (tertiary/aromatic N) is 2. The van der Waals surface area contributed by atoms with Crippen LogP contribution in [0.4, 0.5) is 0 Å². The van der Waals surface area contributed by atoms with Crippen molar-refractivity contribution in [2.45, 2.75) is 0 Å². The number of hydrogen-bond acceptors (Lipinski definition) is 3. The number of phenolic OH excluding ortho intramolecular Hbond substituents is 1. The summed E-state index contributed by atoms with van der Waals surface area (Å²) in [6.45, 7) is 0. The molecule has 3 aromatic rings. The highest BCUT2D eigenvalue weighted by atomic mass is 35.5. The molecule has 0 bridgehead atoms. The minimum atomic E-state index is -0.0623. The number of rotatable bonds is 2. The van der Waals surface area contributed by atoms with Crippen LogP contribution in [0.2, 0.25) is 10.0 Å². The molecular formula is C16H10Cl2N2O. The standard InChI is InChI=1S/C16H10Cl2N2O/c17-13-8-14(18)16(21)15-12(13)6-5-11(20-15)4-3-10-2-1-7-19-9-10/h1-9,21H/b4-3+. The van der Waals surface area contributed by atoms with Crippen LogP contribution in [0.1, 0.15) is 11.3 Å². The second-order valence-corrected chi connectivity index (χ2v) is 5.26. The molecule has 0 atom stereocenters. The Labute approximate surface area is 131 Å². The zero-order valence-electron chi connectivity index (χ0n) is 10.8. The van der Waals surface area contributed by atoms with Crippen molar-refractivity contribution in [2.24, 2.45) is 0 Å². The minimum absolute atomic E-state index is 0.0623. The van der Waals surface area contributed by atoms with E-state index in [4.69, 9.17) is 23.2 Å². The third kappa shape index (κ3) is 2.84. The number of phenols is 1. The summed E-state index contributed by atoms with van der Waals surface area (Å²) in [5, 5.41) is 11.3. The first kappa shape index (κ1) is 13.9. The molecule has 0 aliphatic carbocycles.